The topological polar surface area (TPSA) is 86.8 Å². The summed E-state index contributed by atoms with van der Waals surface area (Å²) >= 11 is 6.18. The van der Waals surface area contributed by atoms with Crippen molar-refractivity contribution >= 4 is 39.1 Å². The maximum absolute atomic E-state index is 12.9. The van der Waals surface area contributed by atoms with Crippen molar-refractivity contribution in [2.45, 2.75) is 30.6 Å². The molecule has 0 spiro atoms. The molecule has 0 aliphatic carbocycles. The molecule has 4 rings (SSSR count). The number of amides is 2. The lowest BCUT2D eigenvalue weighted by Gasteiger charge is -2.18. The maximum atomic E-state index is 12.9. The van der Waals surface area contributed by atoms with E-state index in [1.54, 1.807) is 11.0 Å². The summed E-state index contributed by atoms with van der Waals surface area (Å²) in [4.78, 5) is 26.9. The molecular formula is C23H26ClN3O4S. The van der Waals surface area contributed by atoms with Crippen molar-refractivity contribution in [3.8, 4) is 0 Å². The van der Waals surface area contributed by atoms with E-state index in [4.69, 9.17) is 11.6 Å². The minimum Gasteiger partial charge on any atom is -0.342 e. The molecule has 2 aromatic carbocycles. The molecule has 2 saturated heterocycles. The SMILES string of the molecule is O=C(Nc1ccc(Cl)c(S(=O)(=O)N2CCCC2)c1)C1CC(=O)N(CCc2ccccc2)C1. The molecule has 0 bridgehead atoms. The minimum absolute atomic E-state index is 0.00847. The Morgan fingerprint density at radius 1 is 1.09 bits per heavy atom. The highest BCUT2D eigenvalue weighted by Gasteiger charge is 2.34. The lowest BCUT2D eigenvalue weighted by Crippen LogP contribution is -2.30. The largest absolute Gasteiger partial charge is 0.342 e. The second kappa shape index (κ2) is 9.60. The summed E-state index contributed by atoms with van der Waals surface area (Å²) in [6.45, 7) is 1.85. The van der Waals surface area contributed by atoms with Crippen LogP contribution in [0, 0.1) is 5.92 Å². The molecule has 2 aliphatic heterocycles. The standard InChI is InChI=1S/C23H26ClN3O4S/c24-20-9-8-19(15-21(20)32(30,31)27-11-4-5-12-27)25-23(29)18-14-22(28)26(16-18)13-10-17-6-2-1-3-7-17/h1-3,6-9,15,18H,4-5,10-14,16H2,(H,25,29). The summed E-state index contributed by atoms with van der Waals surface area (Å²) in [5.74, 6) is -0.825. The van der Waals surface area contributed by atoms with Crippen molar-refractivity contribution in [2.24, 2.45) is 5.92 Å². The number of carbonyl (C=O) groups is 2. The molecule has 7 nitrogen and oxygen atoms in total. The van der Waals surface area contributed by atoms with Crippen molar-refractivity contribution in [1.82, 2.24) is 9.21 Å². The van der Waals surface area contributed by atoms with E-state index in [0.29, 0.717) is 31.9 Å². The van der Waals surface area contributed by atoms with Gasteiger partial charge in [-0.05, 0) is 43.0 Å². The first-order valence-electron chi connectivity index (χ1n) is 10.8. The van der Waals surface area contributed by atoms with Crippen LogP contribution in [0.1, 0.15) is 24.8 Å². The molecule has 1 N–H and O–H groups in total. The Bertz CT molecular complexity index is 1100. The first-order chi connectivity index (χ1) is 15.3. The third-order valence-corrected chi connectivity index (χ3v) is 8.36. The fourth-order valence-corrected chi connectivity index (χ4v) is 6.18. The molecule has 32 heavy (non-hydrogen) atoms. The van der Waals surface area contributed by atoms with E-state index >= 15 is 0 Å². The Labute approximate surface area is 193 Å². The Morgan fingerprint density at radius 2 is 1.81 bits per heavy atom. The third kappa shape index (κ3) is 4.98. The van der Waals surface area contributed by atoms with Crippen molar-refractivity contribution < 1.29 is 18.0 Å². The monoisotopic (exact) mass is 475 g/mol. The van der Waals surface area contributed by atoms with Crippen LogP contribution in [0.15, 0.2) is 53.4 Å². The number of benzene rings is 2. The van der Waals surface area contributed by atoms with E-state index in [-0.39, 0.29) is 28.2 Å². The lowest BCUT2D eigenvalue weighted by atomic mass is 10.1. The van der Waals surface area contributed by atoms with Crippen molar-refractivity contribution in [3.05, 3.63) is 59.1 Å². The van der Waals surface area contributed by atoms with E-state index in [1.165, 1.54) is 16.4 Å². The maximum Gasteiger partial charge on any atom is 0.244 e. The van der Waals surface area contributed by atoms with Crippen LogP contribution in [0.3, 0.4) is 0 Å². The van der Waals surface area contributed by atoms with Gasteiger partial charge in [0.1, 0.15) is 4.90 Å². The van der Waals surface area contributed by atoms with E-state index in [2.05, 4.69) is 5.32 Å². The molecule has 2 amide bonds. The minimum atomic E-state index is -3.71. The Balaban J connectivity index is 1.40. The third-order valence-electron chi connectivity index (χ3n) is 5.98. The fraction of sp³-hybridized carbons (Fsp3) is 0.391. The van der Waals surface area contributed by atoms with Crippen molar-refractivity contribution in [3.63, 3.8) is 0 Å². The number of nitrogens with one attached hydrogen (secondary N) is 1. The van der Waals surface area contributed by atoms with Gasteiger partial charge in [0.25, 0.3) is 0 Å². The van der Waals surface area contributed by atoms with Gasteiger partial charge in [-0.1, -0.05) is 41.9 Å². The van der Waals surface area contributed by atoms with Crippen molar-refractivity contribution in [1.29, 1.82) is 0 Å². The summed E-state index contributed by atoms with van der Waals surface area (Å²) in [7, 11) is -3.71. The molecule has 9 heteroatoms. The van der Waals surface area contributed by atoms with Crippen LogP contribution < -0.4 is 5.32 Å². The van der Waals surface area contributed by atoms with Gasteiger partial charge in [-0.2, -0.15) is 4.31 Å². The lowest BCUT2D eigenvalue weighted by molar-refractivity contribution is -0.128. The van der Waals surface area contributed by atoms with Crippen LogP contribution in [-0.2, 0) is 26.0 Å². The molecule has 1 unspecified atom stereocenters. The Hall–Kier alpha value is -2.42. The van der Waals surface area contributed by atoms with Gasteiger partial charge in [0.05, 0.1) is 10.9 Å². The van der Waals surface area contributed by atoms with Gasteiger partial charge in [-0.25, -0.2) is 8.42 Å². The number of nitrogens with zero attached hydrogens (tertiary/aromatic N) is 2. The zero-order chi connectivity index (χ0) is 22.7. The molecule has 0 aromatic heterocycles. The molecule has 0 saturated carbocycles. The highest BCUT2D eigenvalue weighted by atomic mass is 35.5. The highest BCUT2D eigenvalue weighted by molar-refractivity contribution is 7.89. The van der Waals surface area contributed by atoms with Crippen LogP contribution in [0.2, 0.25) is 5.02 Å². The van der Waals surface area contributed by atoms with Crippen LogP contribution in [0.4, 0.5) is 5.69 Å². The molecule has 170 valence electrons. The smallest absolute Gasteiger partial charge is 0.244 e. The first kappa shape index (κ1) is 22.8. The normalized spacial score (nSPS) is 19.5. The number of carbonyl (C=O) groups excluding carboxylic acids is 2. The summed E-state index contributed by atoms with van der Waals surface area (Å²) < 4.78 is 27.2. The predicted octanol–water partition coefficient (Wildman–Crippen LogP) is 3.15. The van der Waals surface area contributed by atoms with Gasteiger partial charge < -0.3 is 10.2 Å². The molecule has 1 atom stereocenters. The van der Waals surface area contributed by atoms with E-state index in [0.717, 1.165) is 24.8 Å². The summed E-state index contributed by atoms with van der Waals surface area (Å²) in [5, 5.41) is 2.89. The number of likely N-dealkylation sites (tertiary alicyclic amines) is 1. The average molecular weight is 476 g/mol. The number of hydrogen-bond acceptors (Lipinski definition) is 4. The van der Waals surface area contributed by atoms with E-state index in [9.17, 15) is 18.0 Å². The molecular weight excluding hydrogens is 450 g/mol. The molecule has 2 aliphatic rings. The van der Waals surface area contributed by atoms with E-state index < -0.39 is 15.9 Å². The molecule has 2 aromatic rings. The van der Waals surface area contributed by atoms with Crippen LogP contribution in [-0.4, -0.2) is 55.6 Å². The zero-order valence-corrected chi connectivity index (χ0v) is 19.2. The first-order valence-corrected chi connectivity index (χ1v) is 12.6. The van der Waals surface area contributed by atoms with Crippen LogP contribution >= 0.6 is 11.6 Å². The van der Waals surface area contributed by atoms with Gasteiger partial charge in [-0.15, -0.1) is 0 Å². The summed E-state index contributed by atoms with van der Waals surface area (Å²) in [6.07, 6.45) is 2.52. The van der Waals surface area contributed by atoms with Crippen LogP contribution in [0.5, 0.6) is 0 Å². The van der Waals surface area contributed by atoms with Gasteiger partial charge in [0, 0.05) is 38.3 Å². The van der Waals surface area contributed by atoms with Gasteiger partial charge >= 0.3 is 0 Å². The van der Waals surface area contributed by atoms with Gasteiger partial charge in [0.2, 0.25) is 21.8 Å². The summed E-state index contributed by atoms with van der Waals surface area (Å²) in [6, 6.07) is 14.3. The van der Waals surface area contributed by atoms with Gasteiger partial charge in [0.15, 0.2) is 0 Å². The average Bonchev–Trinajstić information content (AvgIpc) is 3.45. The summed E-state index contributed by atoms with van der Waals surface area (Å²) in [5.41, 5.74) is 1.49. The predicted molar refractivity (Wildman–Crippen MR) is 123 cm³/mol. The Kier molecular flexibility index (Phi) is 6.83. The zero-order valence-electron chi connectivity index (χ0n) is 17.7. The number of anilines is 1. The second-order valence-corrected chi connectivity index (χ2v) is 10.5. The van der Waals surface area contributed by atoms with Gasteiger partial charge in [-0.3, -0.25) is 9.59 Å². The van der Waals surface area contributed by atoms with E-state index in [1.807, 2.05) is 30.3 Å². The Morgan fingerprint density at radius 3 is 2.53 bits per heavy atom. The number of sulfonamides is 1. The highest BCUT2D eigenvalue weighted by Crippen LogP contribution is 2.30. The second-order valence-electron chi connectivity index (χ2n) is 8.22. The van der Waals surface area contributed by atoms with Crippen LogP contribution in [0.25, 0.3) is 0 Å². The quantitative estimate of drug-likeness (QED) is 0.666. The number of rotatable bonds is 7. The molecule has 2 heterocycles. The fourth-order valence-electron chi connectivity index (χ4n) is 4.16. The number of halogens is 1. The molecule has 2 fully saturated rings. The molecule has 0 radical (unpaired) electrons. The number of hydrogen-bond donors (Lipinski definition) is 1. The van der Waals surface area contributed by atoms with Crippen molar-refractivity contribution in [2.75, 3.05) is 31.5 Å².